The van der Waals surface area contributed by atoms with Gasteiger partial charge in [0.05, 0.1) is 6.20 Å². The lowest BCUT2D eigenvalue weighted by molar-refractivity contribution is 0.543. The monoisotopic (exact) mass is 367 g/mol. The summed E-state index contributed by atoms with van der Waals surface area (Å²) in [6.45, 7) is 6.17. The number of rotatable bonds is 4. The third-order valence-corrected chi connectivity index (χ3v) is 4.57. The zero-order valence-corrected chi connectivity index (χ0v) is 16.0. The predicted molar refractivity (Wildman–Crippen MR) is 113 cm³/mol. The van der Waals surface area contributed by atoms with Gasteiger partial charge < -0.3 is 4.42 Å². The number of aromatic nitrogens is 3. The van der Waals surface area contributed by atoms with Crippen molar-refractivity contribution in [2.24, 2.45) is 7.05 Å². The Labute approximate surface area is 163 Å². The smallest absolute Gasteiger partial charge is 0.142 e. The van der Waals surface area contributed by atoms with E-state index in [1.165, 1.54) is 0 Å². The van der Waals surface area contributed by atoms with Crippen LogP contribution in [-0.4, -0.2) is 14.8 Å². The SMILES string of the molecule is C=c1cc(-c2ccc(-c3cnn(C)c3)cc2)o/c1=C(/C=C\C)c1cccnc1. The van der Waals surface area contributed by atoms with Gasteiger partial charge >= 0.3 is 0 Å². The van der Waals surface area contributed by atoms with Crippen molar-refractivity contribution in [3.8, 4) is 22.5 Å². The number of hydrogen-bond donors (Lipinski definition) is 0. The summed E-state index contributed by atoms with van der Waals surface area (Å²) in [5.74, 6) is 0.795. The fourth-order valence-corrected chi connectivity index (χ4v) is 3.19. The molecule has 4 nitrogen and oxygen atoms in total. The summed E-state index contributed by atoms with van der Waals surface area (Å²) in [6, 6.07) is 14.2. The van der Waals surface area contributed by atoms with E-state index in [4.69, 9.17) is 4.42 Å². The molecule has 3 heterocycles. The van der Waals surface area contributed by atoms with Gasteiger partial charge in [-0.25, -0.2) is 0 Å². The average molecular weight is 367 g/mol. The van der Waals surface area contributed by atoms with Crippen LogP contribution >= 0.6 is 0 Å². The molecule has 0 spiro atoms. The van der Waals surface area contributed by atoms with Gasteiger partial charge in [-0.15, -0.1) is 0 Å². The molecule has 0 radical (unpaired) electrons. The summed E-state index contributed by atoms with van der Waals surface area (Å²) in [5.41, 5.74) is 5.95. The Balaban J connectivity index is 1.78. The molecule has 0 atom stereocenters. The summed E-state index contributed by atoms with van der Waals surface area (Å²) in [5, 5.41) is 5.08. The van der Waals surface area contributed by atoms with Gasteiger partial charge in [-0.05, 0) is 24.6 Å². The summed E-state index contributed by atoms with van der Waals surface area (Å²) >= 11 is 0. The molecule has 0 fully saturated rings. The van der Waals surface area contributed by atoms with Crippen molar-refractivity contribution in [2.45, 2.75) is 6.92 Å². The molecule has 0 unspecified atom stereocenters. The van der Waals surface area contributed by atoms with Crippen molar-refractivity contribution >= 4 is 12.2 Å². The fourth-order valence-electron chi connectivity index (χ4n) is 3.19. The molecule has 138 valence electrons. The highest BCUT2D eigenvalue weighted by Crippen LogP contribution is 2.23. The van der Waals surface area contributed by atoms with E-state index in [-0.39, 0.29) is 0 Å². The van der Waals surface area contributed by atoms with E-state index in [1.807, 2.05) is 62.9 Å². The van der Waals surface area contributed by atoms with Crippen LogP contribution in [0, 0.1) is 0 Å². The minimum absolute atomic E-state index is 0.762. The highest BCUT2D eigenvalue weighted by atomic mass is 16.3. The van der Waals surface area contributed by atoms with Crippen LogP contribution < -0.4 is 10.6 Å². The first kappa shape index (κ1) is 17.7. The number of benzene rings is 1. The number of nitrogens with zero attached hydrogens (tertiary/aromatic N) is 3. The largest absolute Gasteiger partial charge is 0.455 e. The second-order valence-corrected chi connectivity index (χ2v) is 6.60. The van der Waals surface area contributed by atoms with Crippen molar-refractivity contribution in [1.29, 1.82) is 0 Å². The Hall–Kier alpha value is -3.66. The van der Waals surface area contributed by atoms with Crippen molar-refractivity contribution < 1.29 is 4.42 Å². The summed E-state index contributed by atoms with van der Waals surface area (Å²) in [4.78, 5) is 4.22. The molecule has 3 aromatic heterocycles. The van der Waals surface area contributed by atoms with Crippen LogP contribution in [0.25, 0.3) is 34.6 Å². The maximum absolute atomic E-state index is 6.22. The lowest BCUT2D eigenvalue weighted by Gasteiger charge is -2.01. The Morgan fingerprint density at radius 2 is 1.86 bits per heavy atom. The van der Waals surface area contributed by atoms with Crippen LogP contribution in [0.4, 0.5) is 0 Å². The van der Waals surface area contributed by atoms with Gasteiger partial charge in [-0.2, -0.15) is 5.10 Å². The van der Waals surface area contributed by atoms with Crippen LogP contribution in [0.2, 0.25) is 0 Å². The zero-order valence-electron chi connectivity index (χ0n) is 16.0. The molecule has 4 heteroatoms. The van der Waals surface area contributed by atoms with E-state index >= 15 is 0 Å². The highest BCUT2D eigenvalue weighted by Gasteiger charge is 2.08. The summed E-state index contributed by atoms with van der Waals surface area (Å²) < 4.78 is 8.02. The second-order valence-electron chi connectivity index (χ2n) is 6.60. The van der Waals surface area contributed by atoms with E-state index in [9.17, 15) is 0 Å². The van der Waals surface area contributed by atoms with Gasteiger partial charge in [-0.1, -0.05) is 49.1 Å². The molecular formula is C24H21N3O. The summed E-state index contributed by atoms with van der Waals surface area (Å²) in [6.07, 6.45) is 11.5. The van der Waals surface area contributed by atoms with Gasteiger partial charge in [0.25, 0.3) is 0 Å². The normalized spacial score (nSPS) is 12.5. The molecule has 0 N–H and O–H groups in total. The number of furan rings is 1. The van der Waals surface area contributed by atoms with Crippen LogP contribution in [-0.2, 0) is 7.05 Å². The van der Waals surface area contributed by atoms with Crippen LogP contribution in [0.15, 0.2) is 83.8 Å². The Morgan fingerprint density at radius 1 is 1.07 bits per heavy atom. The minimum Gasteiger partial charge on any atom is -0.455 e. The molecule has 0 aliphatic carbocycles. The molecule has 0 aliphatic heterocycles. The van der Waals surface area contributed by atoms with E-state index < -0.39 is 0 Å². The van der Waals surface area contributed by atoms with Crippen LogP contribution in [0.1, 0.15) is 12.5 Å². The lowest BCUT2D eigenvalue weighted by Crippen LogP contribution is -2.20. The van der Waals surface area contributed by atoms with E-state index in [0.29, 0.717) is 0 Å². The number of allylic oxidation sites excluding steroid dienone is 2. The lowest BCUT2D eigenvalue weighted by atomic mass is 10.1. The third-order valence-electron chi connectivity index (χ3n) is 4.57. The number of pyridine rings is 1. The topological polar surface area (TPSA) is 43.9 Å². The Kier molecular flexibility index (Phi) is 4.77. The Morgan fingerprint density at radius 3 is 2.50 bits per heavy atom. The van der Waals surface area contributed by atoms with Gasteiger partial charge in [0.15, 0.2) is 0 Å². The molecule has 0 saturated heterocycles. The predicted octanol–water partition coefficient (Wildman–Crippen LogP) is 3.93. The first-order valence-corrected chi connectivity index (χ1v) is 9.11. The second kappa shape index (κ2) is 7.53. The van der Waals surface area contributed by atoms with E-state index in [2.05, 4.69) is 40.9 Å². The maximum Gasteiger partial charge on any atom is 0.142 e. The van der Waals surface area contributed by atoms with E-state index in [0.717, 1.165) is 44.2 Å². The van der Waals surface area contributed by atoms with Crippen molar-refractivity contribution in [3.05, 3.63) is 95.6 Å². The maximum atomic E-state index is 6.22. The van der Waals surface area contributed by atoms with Crippen LogP contribution in [0.3, 0.4) is 0 Å². The van der Waals surface area contributed by atoms with Crippen molar-refractivity contribution in [2.75, 3.05) is 0 Å². The number of hydrogen-bond acceptors (Lipinski definition) is 3. The van der Waals surface area contributed by atoms with Gasteiger partial charge in [0.2, 0.25) is 0 Å². The van der Waals surface area contributed by atoms with Gasteiger partial charge in [0.1, 0.15) is 11.2 Å². The van der Waals surface area contributed by atoms with Crippen molar-refractivity contribution in [3.63, 3.8) is 0 Å². The van der Waals surface area contributed by atoms with Crippen LogP contribution in [0.5, 0.6) is 0 Å². The average Bonchev–Trinajstić information content (AvgIpc) is 3.33. The molecule has 28 heavy (non-hydrogen) atoms. The molecular weight excluding hydrogens is 346 g/mol. The highest BCUT2D eigenvalue weighted by molar-refractivity contribution is 5.73. The molecule has 0 saturated carbocycles. The quantitative estimate of drug-likeness (QED) is 0.549. The first-order valence-electron chi connectivity index (χ1n) is 9.11. The molecule has 4 aromatic rings. The summed E-state index contributed by atoms with van der Waals surface area (Å²) in [7, 11) is 1.92. The minimum atomic E-state index is 0.762. The van der Waals surface area contributed by atoms with Crippen molar-refractivity contribution in [1.82, 2.24) is 14.8 Å². The number of aryl methyl sites for hydroxylation is 1. The molecule has 4 rings (SSSR count). The van der Waals surface area contributed by atoms with Gasteiger partial charge in [-0.3, -0.25) is 9.67 Å². The first-order chi connectivity index (χ1) is 13.7. The standard InChI is InChI=1S/C24H21N3O/c1-4-6-22(20-7-5-12-25-14-20)24-17(2)13-23(28-24)19-10-8-18(9-11-19)21-15-26-27(3)16-21/h4-16H,2H2,1,3H3/b6-4-,24-22-. The fraction of sp³-hybridized carbons (Fsp3) is 0.0833. The molecule has 0 bridgehead atoms. The van der Waals surface area contributed by atoms with E-state index in [1.54, 1.807) is 10.9 Å². The molecule has 0 amide bonds. The zero-order chi connectivity index (χ0) is 19.5. The Bertz CT molecular complexity index is 1230. The third kappa shape index (κ3) is 3.45. The molecule has 1 aromatic carbocycles. The molecule has 0 aliphatic rings. The van der Waals surface area contributed by atoms with Gasteiger partial charge in [0, 0.05) is 53.1 Å².